The number of aromatic hydroxyl groups is 1. The molecule has 0 bridgehead atoms. The molecule has 11 nitrogen and oxygen atoms in total. The third-order valence-electron chi connectivity index (χ3n) is 4.52. The average Bonchev–Trinajstić information content (AvgIpc) is 3.01. The van der Waals surface area contributed by atoms with E-state index in [2.05, 4.69) is 35.3 Å². The van der Waals surface area contributed by atoms with Crippen molar-refractivity contribution in [3.63, 3.8) is 0 Å². The van der Waals surface area contributed by atoms with Crippen molar-refractivity contribution in [3.05, 3.63) is 33.2 Å². The van der Waals surface area contributed by atoms with Gasteiger partial charge >= 0.3 is 5.69 Å². The monoisotopic (exact) mass is 370 g/mol. The third kappa shape index (κ3) is 3.16. The Labute approximate surface area is 151 Å². The lowest BCUT2D eigenvalue weighted by atomic mass is 10.3. The smallest absolute Gasteiger partial charge is 0.326 e. The fourth-order valence-electron chi connectivity index (χ4n) is 2.98. The predicted octanol–water partition coefficient (Wildman–Crippen LogP) is -1.34. The molecule has 27 heavy (non-hydrogen) atoms. The number of H-pyrrole nitrogens is 2. The van der Waals surface area contributed by atoms with E-state index >= 15 is 0 Å². The first kappa shape index (κ1) is 16.0. The molecule has 3 aromatic heterocycles. The van der Waals surface area contributed by atoms with Gasteiger partial charge in [-0.1, -0.05) is 0 Å². The van der Waals surface area contributed by atoms with Crippen molar-refractivity contribution < 1.29 is 9.84 Å². The van der Waals surface area contributed by atoms with E-state index in [-0.39, 0.29) is 23.7 Å². The molecule has 2 fully saturated rings. The highest BCUT2D eigenvalue weighted by atomic mass is 16.5. The molecular formula is C16H18N8O3. The van der Waals surface area contributed by atoms with Crippen LogP contribution in [0.15, 0.2) is 16.0 Å². The van der Waals surface area contributed by atoms with Crippen LogP contribution in [-0.4, -0.2) is 60.0 Å². The van der Waals surface area contributed by atoms with Crippen molar-refractivity contribution in [2.75, 3.05) is 18.5 Å². The topological polar surface area (TPSA) is 146 Å². The van der Waals surface area contributed by atoms with Crippen LogP contribution >= 0.6 is 0 Å². The molecular weight excluding hydrogens is 352 g/mol. The van der Waals surface area contributed by atoms with Crippen molar-refractivity contribution in [2.24, 2.45) is 4.99 Å². The van der Waals surface area contributed by atoms with Gasteiger partial charge in [-0.15, -0.1) is 0 Å². The molecule has 11 heteroatoms. The number of rotatable bonds is 4. The number of imidazole rings is 1. The van der Waals surface area contributed by atoms with E-state index in [0.29, 0.717) is 35.6 Å². The van der Waals surface area contributed by atoms with Gasteiger partial charge in [0, 0.05) is 11.8 Å². The van der Waals surface area contributed by atoms with Crippen molar-refractivity contribution in [1.29, 1.82) is 0 Å². The fraction of sp³-hybridized carbons (Fsp3) is 0.438. The fourth-order valence-corrected chi connectivity index (χ4v) is 2.98. The lowest BCUT2D eigenvalue weighted by Crippen LogP contribution is -2.28. The Kier molecular flexibility index (Phi) is 3.67. The highest BCUT2D eigenvalue weighted by molar-refractivity contribution is 5.57. The van der Waals surface area contributed by atoms with E-state index in [1.165, 1.54) is 0 Å². The highest BCUT2D eigenvalue weighted by Gasteiger charge is 2.22. The van der Waals surface area contributed by atoms with E-state index in [1.54, 1.807) is 16.8 Å². The van der Waals surface area contributed by atoms with Gasteiger partial charge in [0.15, 0.2) is 5.65 Å². The summed E-state index contributed by atoms with van der Waals surface area (Å²) in [4.78, 5) is 29.9. The maximum atomic E-state index is 11.4. The van der Waals surface area contributed by atoms with Crippen molar-refractivity contribution in [3.8, 4) is 5.88 Å². The molecule has 0 unspecified atom stereocenters. The normalized spacial score (nSPS) is 21.4. The van der Waals surface area contributed by atoms with Gasteiger partial charge in [-0.3, -0.25) is 4.98 Å². The molecule has 1 atom stereocenters. The molecule has 3 aromatic rings. The molecule has 0 amide bonds. The molecule has 4 heterocycles. The number of aromatic amines is 2. The molecule has 0 radical (unpaired) electrons. The number of hydrogen-bond acceptors (Lipinski definition) is 8. The van der Waals surface area contributed by atoms with Crippen molar-refractivity contribution in [1.82, 2.24) is 29.5 Å². The van der Waals surface area contributed by atoms with E-state index in [9.17, 15) is 9.90 Å². The van der Waals surface area contributed by atoms with Crippen molar-refractivity contribution >= 4 is 17.7 Å². The number of nitrogens with one attached hydrogen (secondary N) is 3. The Morgan fingerprint density at radius 1 is 1.33 bits per heavy atom. The first-order chi connectivity index (χ1) is 13.2. The quantitative estimate of drug-likeness (QED) is 0.444. The Morgan fingerprint density at radius 2 is 2.22 bits per heavy atom. The van der Waals surface area contributed by atoms with Gasteiger partial charge in [0.05, 0.1) is 24.9 Å². The minimum absolute atomic E-state index is 0.154. The molecule has 1 aliphatic heterocycles. The van der Waals surface area contributed by atoms with E-state index < -0.39 is 5.69 Å². The van der Waals surface area contributed by atoms with Crippen LogP contribution in [0.3, 0.4) is 0 Å². The van der Waals surface area contributed by atoms with Gasteiger partial charge in [-0.2, -0.15) is 19.6 Å². The van der Waals surface area contributed by atoms with Gasteiger partial charge in [-0.25, -0.2) is 9.79 Å². The summed E-state index contributed by atoms with van der Waals surface area (Å²) in [5.74, 6) is 0.220. The second kappa shape index (κ2) is 6.20. The second-order valence-electron chi connectivity index (χ2n) is 6.73. The van der Waals surface area contributed by atoms with Crippen LogP contribution in [0.5, 0.6) is 5.88 Å². The molecule has 1 aliphatic carbocycles. The van der Waals surface area contributed by atoms with Crippen LogP contribution in [0.1, 0.15) is 25.0 Å². The zero-order valence-electron chi connectivity index (χ0n) is 14.3. The van der Waals surface area contributed by atoms with E-state index in [0.717, 1.165) is 19.3 Å². The van der Waals surface area contributed by atoms with Crippen LogP contribution in [-0.2, 0) is 4.74 Å². The molecule has 0 aromatic carbocycles. The highest BCUT2D eigenvalue weighted by Crippen LogP contribution is 2.22. The molecule has 4 N–H and O–H groups in total. The van der Waals surface area contributed by atoms with Gasteiger partial charge in [0.1, 0.15) is 5.69 Å². The number of ether oxygens (including phenoxy) is 1. The van der Waals surface area contributed by atoms with E-state index in [4.69, 9.17) is 4.74 Å². The molecule has 1 saturated heterocycles. The number of aromatic nitrogens is 6. The third-order valence-corrected chi connectivity index (χ3v) is 4.52. The molecule has 1 saturated carbocycles. The second-order valence-corrected chi connectivity index (χ2v) is 6.73. The Hall–Kier alpha value is -3.21. The molecule has 140 valence electrons. The summed E-state index contributed by atoms with van der Waals surface area (Å²) in [6.45, 7) is 1.32. The summed E-state index contributed by atoms with van der Waals surface area (Å²) < 4.78 is 6.97. The summed E-state index contributed by atoms with van der Waals surface area (Å²) in [6, 6.07) is 0.425. The first-order valence-electron chi connectivity index (χ1n) is 8.82. The average molecular weight is 370 g/mol. The van der Waals surface area contributed by atoms with Crippen LogP contribution < -0.4 is 21.8 Å². The molecule has 2 aliphatic rings. The van der Waals surface area contributed by atoms with Crippen LogP contribution in [0, 0.1) is 0 Å². The summed E-state index contributed by atoms with van der Waals surface area (Å²) in [5, 5.41) is 18.1. The van der Waals surface area contributed by atoms with Crippen LogP contribution in [0.4, 0.5) is 5.95 Å². The SMILES string of the molecule is O=c1[nH]c(O)c(/C=c2\cnn3c(=NC4CC4)nc(N[C@H]4CCOC4)nc23)[nH]1. The number of nitrogens with zero attached hydrogens (tertiary/aromatic N) is 5. The summed E-state index contributed by atoms with van der Waals surface area (Å²) in [6.07, 6.45) is 6.18. The zero-order chi connectivity index (χ0) is 18.4. The summed E-state index contributed by atoms with van der Waals surface area (Å²) >= 11 is 0. The largest absolute Gasteiger partial charge is 0.493 e. The van der Waals surface area contributed by atoms with E-state index in [1.807, 2.05) is 0 Å². The Bertz CT molecular complexity index is 1170. The maximum absolute atomic E-state index is 11.4. The lowest BCUT2D eigenvalue weighted by Gasteiger charge is -2.10. The lowest BCUT2D eigenvalue weighted by molar-refractivity contribution is 0.195. The van der Waals surface area contributed by atoms with Crippen LogP contribution in [0.2, 0.25) is 0 Å². The number of hydrogen-bond donors (Lipinski definition) is 4. The van der Waals surface area contributed by atoms with Gasteiger partial charge in [0.2, 0.25) is 11.8 Å². The minimum Gasteiger partial charge on any atom is -0.493 e. The summed E-state index contributed by atoms with van der Waals surface area (Å²) in [5.41, 5.74) is 0.786. The van der Waals surface area contributed by atoms with Gasteiger partial charge in [0.25, 0.3) is 5.62 Å². The predicted molar refractivity (Wildman–Crippen MR) is 94.1 cm³/mol. The van der Waals surface area contributed by atoms with Crippen LogP contribution in [0.25, 0.3) is 11.7 Å². The van der Waals surface area contributed by atoms with Gasteiger partial charge in [-0.05, 0) is 25.3 Å². The zero-order valence-corrected chi connectivity index (χ0v) is 14.3. The first-order valence-corrected chi connectivity index (χ1v) is 8.82. The Morgan fingerprint density at radius 3 is 2.93 bits per heavy atom. The standard InChI is InChI=1S/C16H18N8O3/c25-13-11(20-16(26)22-13)5-8-6-17-24-12(8)21-14(18-10-3-4-27-7-10)23-15(24)19-9-1-2-9/h5-6,9-10,25H,1-4,7H2,(H,18,19,23)(H2,20,22,26)/b8-5+/t10-/m0/s1. The summed E-state index contributed by atoms with van der Waals surface area (Å²) in [7, 11) is 0. The Balaban J connectivity index is 1.66. The molecule has 0 spiro atoms. The number of anilines is 1. The molecule has 5 rings (SSSR count). The minimum atomic E-state index is -0.488. The maximum Gasteiger partial charge on any atom is 0.326 e. The number of fused-ring (bicyclic) bond motifs is 1. The van der Waals surface area contributed by atoms with Gasteiger partial charge < -0.3 is 20.1 Å². The van der Waals surface area contributed by atoms with Crippen molar-refractivity contribution in [2.45, 2.75) is 31.3 Å².